The number of aromatic nitrogens is 1. The van der Waals surface area contributed by atoms with Crippen molar-refractivity contribution in [3.8, 4) is 11.1 Å². The van der Waals surface area contributed by atoms with Crippen molar-refractivity contribution in [1.82, 2.24) is 10.4 Å². The molecule has 2 aromatic carbocycles. The maximum absolute atomic E-state index is 12.5. The van der Waals surface area contributed by atoms with Gasteiger partial charge in [0, 0.05) is 36.3 Å². The predicted molar refractivity (Wildman–Crippen MR) is 113 cm³/mol. The molecule has 142 valence electrons. The minimum atomic E-state index is -0.149. The molecule has 28 heavy (non-hydrogen) atoms. The number of nitrogens with zero attached hydrogens (tertiary/aromatic N) is 2. The highest BCUT2D eigenvalue weighted by Gasteiger charge is 2.10. The first-order chi connectivity index (χ1) is 13.5. The van der Waals surface area contributed by atoms with Crippen LogP contribution >= 0.6 is 0 Å². The van der Waals surface area contributed by atoms with Gasteiger partial charge in [0.05, 0.1) is 0 Å². The number of nitrogens with one attached hydrogen (secondary N) is 2. The Morgan fingerprint density at radius 3 is 2.43 bits per heavy atom. The lowest BCUT2D eigenvalue weighted by Crippen LogP contribution is -2.31. The molecule has 3 aromatic rings. The summed E-state index contributed by atoms with van der Waals surface area (Å²) in [4.78, 5) is 20.6. The highest BCUT2D eigenvalue weighted by Crippen LogP contribution is 2.26. The van der Waals surface area contributed by atoms with Crippen molar-refractivity contribution < 1.29 is 4.79 Å². The average molecular weight is 373 g/mol. The molecule has 0 aliphatic heterocycles. The van der Waals surface area contributed by atoms with Gasteiger partial charge in [-0.1, -0.05) is 24.3 Å². The van der Waals surface area contributed by atoms with E-state index >= 15 is 0 Å². The van der Waals surface area contributed by atoms with Gasteiger partial charge in [-0.25, -0.2) is 5.84 Å². The van der Waals surface area contributed by atoms with Crippen LogP contribution in [0.4, 0.5) is 5.69 Å². The van der Waals surface area contributed by atoms with Crippen LogP contribution in [0.1, 0.15) is 27.0 Å². The second-order valence-electron chi connectivity index (χ2n) is 6.47. The van der Waals surface area contributed by atoms with Crippen molar-refractivity contribution in [3.63, 3.8) is 0 Å². The molecule has 0 bridgehead atoms. The van der Waals surface area contributed by atoms with Gasteiger partial charge in [-0.05, 0) is 60.4 Å². The topological polar surface area (TPSA) is 92.4 Å². The fourth-order valence-electron chi connectivity index (χ4n) is 3.02. The Labute approximate surface area is 164 Å². The molecule has 4 N–H and O–H groups in total. The number of amidine groups is 1. The van der Waals surface area contributed by atoms with Gasteiger partial charge in [-0.15, -0.1) is 0 Å². The summed E-state index contributed by atoms with van der Waals surface area (Å²) in [6, 6.07) is 15.5. The Kier molecular flexibility index (Phi) is 5.81. The summed E-state index contributed by atoms with van der Waals surface area (Å²) < 4.78 is 0. The van der Waals surface area contributed by atoms with E-state index in [1.165, 1.54) is 0 Å². The number of hydrazine groups is 1. The van der Waals surface area contributed by atoms with E-state index in [1.54, 1.807) is 25.5 Å². The zero-order chi connectivity index (χ0) is 20.1. The lowest BCUT2D eigenvalue weighted by atomic mass is 9.97. The van der Waals surface area contributed by atoms with Crippen LogP contribution in [0, 0.1) is 13.8 Å². The third-order valence-corrected chi connectivity index (χ3v) is 4.59. The van der Waals surface area contributed by atoms with Crippen LogP contribution in [0.2, 0.25) is 0 Å². The van der Waals surface area contributed by atoms with Crippen molar-refractivity contribution in [1.29, 1.82) is 0 Å². The van der Waals surface area contributed by atoms with Crippen LogP contribution in [-0.2, 0) is 0 Å². The second-order valence-corrected chi connectivity index (χ2v) is 6.47. The van der Waals surface area contributed by atoms with E-state index in [9.17, 15) is 4.79 Å². The van der Waals surface area contributed by atoms with Crippen LogP contribution in [0.25, 0.3) is 11.1 Å². The van der Waals surface area contributed by atoms with Gasteiger partial charge in [0.25, 0.3) is 5.91 Å². The lowest BCUT2D eigenvalue weighted by molar-refractivity contribution is 0.102. The number of nitrogens with two attached hydrogens (primary N) is 1. The number of aliphatic imine (C=N–C) groups is 1. The van der Waals surface area contributed by atoms with Gasteiger partial charge < -0.3 is 10.7 Å². The number of carbonyl (C=O) groups excluding carboxylic acids is 1. The van der Waals surface area contributed by atoms with Gasteiger partial charge in [-0.3, -0.25) is 14.8 Å². The summed E-state index contributed by atoms with van der Waals surface area (Å²) in [5, 5.41) is 2.93. The summed E-state index contributed by atoms with van der Waals surface area (Å²) in [5.74, 6) is 6.02. The van der Waals surface area contributed by atoms with E-state index < -0.39 is 0 Å². The highest BCUT2D eigenvalue weighted by molar-refractivity contribution is 6.05. The molecule has 0 aliphatic carbocycles. The van der Waals surface area contributed by atoms with E-state index in [2.05, 4.69) is 27.6 Å². The molecule has 6 heteroatoms. The number of aryl methyl sites for hydroxylation is 2. The molecule has 0 fully saturated rings. The Balaban J connectivity index is 1.84. The van der Waals surface area contributed by atoms with Crippen molar-refractivity contribution in [2.45, 2.75) is 13.8 Å². The molecular formula is C22H23N5O. The average Bonchev–Trinajstić information content (AvgIpc) is 2.71. The van der Waals surface area contributed by atoms with Crippen LogP contribution in [0.5, 0.6) is 0 Å². The molecule has 1 heterocycles. The van der Waals surface area contributed by atoms with E-state index in [0.29, 0.717) is 11.4 Å². The van der Waals surface area contributed by atoms with Crippen molar-refractivity contribution in [3.05, 3.63) is 83.2 Å². The first-order valence-corrected chi connectivity index (χ1v) is 8.90. The van der Waals surface area contributed by atoms with Crippen LogP contribution in [0.15, 0.2) is 65.9 Å². The van der Waals surface area contributed by atoms with Crippen LogP contribution in [0.3, 0.4) is 0 Å². The molecule has 3 rings (SSSR count). The van der Waals surface area contributed by atoms with Crippen molar-refractivity contribution in [2.24, 2.45) is 10.8 Å². The summed E-state index contributed by atoms with van der Waals surface area (Å²) in [5.41, 5.74) is 8.98. The Bertz CT molecular complexity index is 1030. The molecule has 0 radical (unpaired) electrons. The molecule has 6 nitrogen and oxygen atoms in total. The zero-order valence-corrected chi connectivity index (χ0v) is 16.2. The molecule has 1 aromatic heterocycles. The minimum absolute atomic E-state index is 0.149. The molecule has 0 aliphatic rings. The van der Waals surface area contributed by atoms with E-state index in [-0.39, 0.29) is 5.91 Å². The summed E-state index contributed by atoms with van der Waals surface area (Å²) in [7, 11) is 1.69. The number of hydrogen-bond donors (Lipinski definition) is 3. The maximum atomic E-state index is 12.5. The minimum Gasteiger partial charge on any atom is -0.322 e. The van der Waals surface area contributed by atoms with E-state index in [0.717, 1.165) is 33.5 Å². The van der Waals surface area contributed by atoms with Crippen LogP contribution in [-0.4, -0.2) is 23.8 Å². The maximum Gasteiger partial charge on any atom is 0.256 e. The normalized spacial score (nSPS) is 11.2. The number of hydrogen-bond acceptors (Lipinski definition) is 4. The first-order valence-electron chi connectivity index (χ1n) is 8.90. The molecule has 0 unspecified atom stereocenters. The van der Waals surface area contributed by atoms with Crippen molar-refractivity contribution in [2.75, 3.05) is 12.4 Å². The quantitative estimate of drug-likeness (QED) is 0.283. The molecule has 1 amide bonds. The van der Waals surface area contributed by atoms with Crippen molar-refractivity contribution >= 4 is 17.4 Å². The Hall–Kier alpha value is -3.51. The number of benzene rings is 2. The number of anilines is 1. The van der Waals surface area contributed by atoms with Gasteiger partial charge in [0.15, 0.2) is 0 Å². The summed E-state index contributed by atoms with van der Waals surface area (Å²) in [6.45, 7) is 3.92. The number of pyridine rings is 1. The highest BCUT2D eigenvalue weighted by atomic mass is 16.1. The standard InChI is InChI=1S/C22H23N5O/c1-14-4-5-17(21(24-3)27-23)12-20(14)16-6-8-18(9-7-16)26-22(28)19-10-11-25-13-15(19)2/h4-13H,23H2,1-3H3,(H,24,27)(H,26,28). The largest absolute Gasteiger partial charge is 0.322 e. The fraction of sp³-hybridized carbons (Fsp3) is 0.136. The lowest BCUT2D eigenvalue weighted by Gasteiger charge is -2.12. The van der Waals surface area contributed by atoms with Crippen LogP contribution < -0.4 is 16.6 Å². The molecule has 0 saturated carbocycles. The smallest absolute Gasteiger partial charge is 0.256 e. The molecule has 0 saturated heterocycles. The van der Waals surface area contributed by atoms with E-state index in [4.69, 9.17) is 5.84 Å². The second kappa shape index (κ2) is 8.45. The van der Waals surface area contributed by atoms with Gasteiger partial charge >= 0.3 is 0 Å². The number of carbonyl (C=O) groups is 1. The SMILES string of the molecule is CN=C(NN)c1ccc(C)c(-c2ccc(NC(=O)c3ccncc3C)cc2)c1. The third kappa shape index (κ3) is 4.07. The Morgan fingerprint density at radius 1 is 1.04 bits per heavy atom. The first kappa shape index (κ1) is 19.3. The number of amides is 1. The molecular weight excluding hydrogens is 350 g/mol. The summed E-state index contributed by atoms with van der Waals surface area (Å²) in [6.07, 6.45) is 3.29. The van der Waals surface area contributed by atoms with Gasteiger partial charge in [0.2, 0.25) is 0 Å². The third-order valence-electron chi connectivity index (χ3n) is 4.59. The number of rotatable bonds is 4. The van der Waals surface area contributed by atoms with Gasteiger partial charge in [-0.2, -0.15) is 0 Å². The predicted octanol–water partition coefficient (Wildman–Crippen LogP) is 3.46. The monoisotopic (exact) mass is 373 g/mol. The Morgan fingerprint density at radius 2 is 1.79 bits per heavy atom. The fourth-order valence-corrected chi connectivity index (χ4v) is 3.02. The van der Waals surface area contributed by atoms with E-state index in [1.807, 2.05) is 49.4 Å². The summed E-state index contributed by atoms with van der Waals surface area (Å²) >= 11 is 0. The zero-order valence-electron chi connectivity index (χ0n) is 16.2. The molecule has 0 atom stereocenters. The molecule has 0 spiro atoms. The van der Waals surface area contributed by atoms with Gasteiger partial charge in [0.1, 0.15) is 5.84 Å².